The molecule has 0 unspecified atom stereocenters. The zero-order valence-electron chi connectivity index (χ0n) is 8.50. The first-order valence-electron chi connectivity index (χ1n) is 4.60. The van der Waals surface area contributed by atoms with E-state index >= 15 is 0 Å². The molecule has 0 aliphatic heterocycles. The lowest BCUT2D eigenvalue weighted by atomic mass is 10.1. The summed E-state index contributed by atoms with van der Waals surface area (Å²) in [4.78, 5) is 4.01. The summed E-state index contributed by atoms with van der Waals surface area (Å²) in [5.41, 5.74) is 6.55. The van der Waals surface area contributed by atoms with Gasteiger partial charge in [0.1, 0.15) is 5.82 Å². The third-order valence-electron chi connectivity index (χ3n) is 2.19. The average Bonchev–Trinajstić information content (AvgIpc) is 2.71. The van der Waals surface area contributed by atoms with Crippen LogP contribution in [0.15, 0.2) is 16.7 Å². The van der Waals surface area contributed by atoms with Crippen LogP contribution in [-0.2, 0) is 6.54 Å². The quantitative estimate of drug-likeness (QED) is 0.876. The zero-order chi connectivity index (χ0) is 11.7. The van der Waals surface area contributed by atoms with E-state index in [1.54, 1.807) is 6.92 Å². The summed E-state index contributed by atoms with van der Waals surface area (Å²) in [6, 6.07) is 2.55. The third kappa shape index (κ3) is 1.91. The summed E-state index contributed by atoms with van der Waals surface area (Å²) >= 11 is 5.86. The smallest absolute Gasteiger partial charge is 0.240 e. The number of nitrogens with two attached hydrogens (primary N) is 1. The van der Waals surface area contributed by atoms with Gasteiger partial charge in [-0.15, -0.1) is 0 Å². The van der Waals surface area contributed by atoms with E-state index in [0.717, 1.165) is 0 Å². The van der Waals surface area contributed by atoms with Crippen molar-refractivity contribution in [3.8, 4) is 11.4 Å². The summed E-state index contributed by atoms with van der Waals surface area (Å²) < 4.78 is 18.0. The maximum Gasteiger partial charge on any atom is 0.240 e. The van der Waals surface area contributed by atoms with E-state index in [-0.39, 0.29) is 6.54 Å². The summed E-state index contributed by atoms with van der Waals surface area (Å²) in [7, 11) is 0. The van der Waals surface area contributed by atoms with Crippen LogP contribution in [0, 0.1) is 12.7 Å². The van der Waals surface area contributed by atoms with Crippen molar-refractivity contribution in [1.82, 2.24) is 10.1 Å². The van der Waals surface area contributed by atoms with Gasteiger partial charge in [0.05, 0.1) is 6.54 Å². The number of benzene rings is 1. The molecule has 0 radical (unpaired) electrons. The third-order valence-corrected chi connectivity index (χ3v) is 2.59. The van der Waals surface area contributed by atoms with Crippen LogP contribution >= 0.6 is 11.6 Å². The number of aromatic nitrogens is 2. The highest BCUT2D eigenvalue weighted by Gasteiger charge is 2.13. The van der Waals surface area contributed by atoms with Crippen molar-refractivity contribution in [2.24, 2.45) is 5.73 Å². The Morgan fingerprint density at radius 1 is 1.50 bits per heavy atom. The van der Waals surface area contributed by atoms with Crippen LogP contribution in [-0.4, -0.2) is 10.1 Å². The molecule has 2 rings (SSSR count). The monoisotopic (exact) mass is 241 g/mol. The molecule has 2 aromatic rings. The van der Waals surface area contributed by atoms with Crippen molar-refractivity contribution in [1.29, 1.82) is 0 Å². The maximum atomic E-state index is 13.2. The van der Waals surface area contributed by atoms with Gasteiger partial charge in [-0.05, 0) is 24.6 Å². The molecule has 0 atom stereocenters. The topological polar surface area (TPSA) is 64.9 Å². The predicted octanol–water partition coefficient (Wildman–Crippen LogP) is 2.30. The zero-order valence-corrected chi connectivity index (χ0v) is 9.25. The first kappa shape index (κ1) is 11.0. The van der Waals surface area contributed by atoms with Crippen LogP contribution < -0.4 is 5.73 Å². The first-order valence-corrected chi connectivity index (χ1v) is 4.98. The van der Waals surface area contributed by atoms with Crippen molar-refractivity contribution in [2.45, 2.75) is 13.5 Å². The summed E-state index contributed by atoms with van der Waals surface area (Å²) in [5, 5.41) is 4.04. The molecule has 0 aliphatic rings. The molecule has 0 aliphatic carbocycles. The Morgan fingerprint density at radius 2 is 2.25 bits per heavy atom. The van der Waals surface area contributed by atoms with Gasteiger partial charge in [0, 0.05) is 10.6 Å². The molecule has 6 heteroatoms. The highest BCUT2D eigenvalue weighted by atomic mass is 35.5. The second-order valence-corrected chi connectivity index (χ2v) is 3.68. The Balaban J connectivity index is 2.54. The Kier molecular flexibility index (Phi) is 2.89. The van der Waals surface area contributed by atoms with E-state index < -0.39 is 5.82 Å². The number of hydrogen-bond acceptors (Lipinski definition) is 4. The van der Waals surface area contributed by atoms with Crippen LogP contribution in [0.5, 0.6) is 0 Å². The molecule has 0 saturated heterocycles. The van der Waals surface area contributed by atoms with Crippen molar-refractivity contribution in [3.05, 3.63) is 34.4 Å². The number of halogens is 2. The van der Waals surface area contributed by atoms with Gasteiger partial charge >= 0.3 is 0 Å². The molecule has 0 amide bonds. The largest absolute Gasteiger partial charge is 0.338 e. The molecule has 16 heavy (non-hydrogen) atoms. The molecule has 4 nitrogen and oxygen atoms in total. The lowest BCUT2D eigenvalue weighted by Crippen LogP contribution is -1.96. The highest BCUT2D eigenvalue weighted by molar-refractivity contribution is 6.31. The van der Waals surface area contributed by atoms with Gasteiger partial charge < -0.3 is 10.3 Å². The minimum atomic E-state index is -0.440. The fourth-order valence-corrected chi connectivity index (χ4v) is 1.53. The van der Waals surface area contributed by atoms with E-state index in [1.165, 1.54) is 12.1 Å². The van der Waals surface area contributed by atoms with E-state index in [2.05, 4.69) is 10.1 Å². The van der Waals surface area contributed by atoms with Crippen LogP contribution in [0.1, 0.15) is 11.5 Å². The maximum absolute atomic E-state index is 13.2. The van der Waals surface area contributed by atoms with Crippen LogP contribution in [0.25, 0.3) is 11.4 Å². The minimum Gasteiger partial charge on any atom is -0.338 e. The van der Waals surface area contributed by atoms with Crippen molar-refractivity contribution < 1.29 is 8.91 Å². The van der Waals surface area contributed by atoms with Gasteiger partial charge in [0.25, 0.3) is 0 Å². The van der Waals surface area contributed by atoms with Crippen molar-refractivity contribution >= 4 is 11.6 Å². The van der Waals surface area contributed by atoms with E-state index in [1.807, 2.05) is 0 Å². The number of nitrogens with zero attached hydrogens (tertiary/aromatic N) is 2. The second kappa shape index (κ2) is 4.19. The predicted molar refractivity (Wildman–Crippen MR) is 57.3 cm³/mol. The molecule has 0 bridgehead atoms. The summed E-state index contributed by atoms with van der Waals surface area (Å²) in [6.45, 7) is 1.91. The van der Waals surface area contributed by atoms with Gasteiger partial charge in [0.15, 0.2) is 0 Å². The number of rotatable bonds is 2. The van der Waals surface area contributed by atoms with Crippen LogP contribution in [0.2, 0.25) is 5.02 Å². The molecule has 1 heterocycles. The van der Waals surface area contributed by atoms with Gasteiger partial charge in [-0.1, -0.05) is 16.8 Å². The molecule has 84 valence electrons. The van der Waals surface area contributed by atoms with E-state index in [4.69, 9.17) is 21.9 Å². The fraction of sp³-hybridized carbons (Fsp3) is 0.200. The minimum absolute atomic E-state index is 0.148. The average molecular weight is 242 g/mol. The normalized spacial score (nSPS) is 10.8. The lowest BCUT2D eigenvalue weighted by molar-refractivity contribution is 0.380. The van der Waals surface area contributed by atoms with Gasteiger partial charge in [0.2, 0.25) is 11.7 Å². The number of hydrogen-bond donors (Lipinski definition) is 1. The Morgan fingerprint density at radius 3 is 2.88 bits per heavy atom. The molecule has 1 aromatic carbocycles. The molecule has 1 aromatic heterocycles. The fourth-order valence-electron chi connectivity index (χ4n) is 1.33. The molecule has 0 fully saturated rings. The van der Waals surface area contributed by atoms with Gasteiger partial charge in [-0.2, -0.15) is 4.98 Å². The van der Waals surface area contributed by atoms with Crippen LogP contribution in [0.4, 0.5) is 4.39 Å². The molecule has 0 saturated carbocycles. The first-order chi connectivity index (χ1) is 7.61. The second-order valence-electron chi connectivity index (χ2n) is 3.28. The molecular formula is C10H9ClFN3O. The molecule has 0 spiro atoms. The van der Waals surface area contributed by atoms with Crippen molar-refractivity contribution in [2.75, 3.05) is 0 Å². The molecular weight excluding hydrogens is 233 g/mol. The van der Waals surface area contributed by atoms with Crippen molar-refractivity contribution in [3.63, 3.8) is 0 Å². The van der Waals surface area contributed by atoms with E-state index in [9.17, 15) is 4.39 Å². The summed E-state index contributed by atoms with van der Waals surface area (Å²) in [6.07, 6.45) is 0. The Labute approximate surface area is 96.2 Å². The highest BCUT2D eigenvalue weighted by Crippen LogP contribution is 2.27. The van der Waals surface area contributed by atoms with Crippen LogP contribution in [0.3, 0.4) is 0 Å². The van der Waals surface area contributed by atoms with E-state index in [0.29, 0.717) is 27.9 Å². The Hall–Kier alpha value is -1.46. The SMILES string of the molecule is Cc1c(Cl)cc(F)cc1-c1noc(CN)n1. The standard InChI is InChI=1S/C10H9ClFN3O/c1-5-7(2-6(12)3-8(5)11)10-14-9(4-13)16-15-10/h2-3H,4,13H2,1H3. The van der Waals surface area contributed by atoms with Gasteiger partial charge in [-0.3, -0.25) is 0 Å². The summed E-state index contributed by atoms with van der Waals surface area (Å²) in [5.74, 6) is 0.152. The lowest BCUT2D eigenvalue weighted by Gasteiger charge is -2.03. The Bertz CT molecular complexity index is 527. The molecule has 2 N–H and O–H groups in total. The van der Waals surface area contributed by atoms with Gasteiger partial charge in [-0.25, -0.2) is 4.39 Å².